The molecular formula is C19H15Cl2FN2O. The minimum absolute atomic E-state index is 0.314. The Hall–Kier alpha value is -1.88. The van der Waals surface area contributed by atoms with Gasteiger partial charge in [-0.3, -0.25) is 4.90 Å². The van der Waals surface area contributed by atoms with Gasteiger partial charge in [0, 0.05) is 35.3 Å². The van der Waals surface area contributed by atoms with Gasteiger partial charge in [-0.05, 0) is 42.3 Å². The van der Waals surface area contributed by atoms with Crippen molar-refractivity contribution in [3.63, 3.8) is 0 Å². The van der Waals surface area contributed by atoms with Crippen molar-refractivity contribution in [1.29, 1.82) is 0 Å². The third kappa shape index (κ3) is 3.56. The van der Waals surface area contributed by atoms with Crippen LogP contribution in [0.15, 0.2) is 46.9 Å². The number of fused-ring (bicyclic) bond motifs is 1. The van der Waals surface area contributed by atoms with E-state index in [1.54, 1.807) is 18.2 Å². The van der Waals surface area contributed by atoms with Gasteiger partial charge in [0.15, 0.2) is 5.58 Å². The first-order chi connectivity index (χ1) is 12.1. The van der Waals surface area contributed by atoms with Gasteiger partial charge in [0.1, 0.15) is 11.3 Å². The molecule has 6 heteroatoms. The molecule has 0 spiro atoms. The zero-order valence-corrected chi connectivity index (χ0v) is 14.8. The lowest BCUT2D eigenvalue weighted by atomic mass is 10.1. The molecule has 0 aliphatic carbocycles. The number of oxazole rings is 1. The molecule has 25 heavy (non-hydrogen) atoms. The number of hydrogen-bond acceptors (Lipinski definition) is 3. The molecule has 1 aliphatic rings. The molecule has 0 N–H and O–H groups in total. The van der Waals surface area contributed by atoms with E-state index in [0.717, 1.165) is 41.7 Å². The summed E-state index contributed by atoms with van der Waals surface area (Å²) in [6, 6.07) is 9.96. The van der Waals surface area contributed by atoms with E-state index in [4.69, 9.17) is 27.6 Å². The fourth-order valence-electron chi connectivity index (χ4n) is 2.98. The van der Waals surface area contributed by atoms with Crippen molar-refractivity contribution in [1.82, 2.24) is 9.88 Å². The highest BCUT2D eigenvalue weighted by atomic mass is 35.5. The number of rotatable bonds is 3. The SMILES string of the molecule is Fc1ccc(CN2CC=C(c3nc4cc(Cl)ccc4o3)CC2)c(Cl)c1. The van der Waals surface area contributed by atoms with Crippen LogP contribution in [0.4, 0.5) is 4.39 Å². The summed E-state index contributed by atoms with van der Waals surface area (Å²) < 4.78 is 19.0. The van der Waals surface area contributed by atoms with E-state index in [9.17, 15) is 4.39 Å². The lowest BCUT2D eigenvalue weighted by Crippen LogP contribution is -2.28. The molecule has 0 bridgehead atoms. The highest BCUT2D eigenvalue weighted by Crippen LogP contribution is 2.28. The molecule has 3 nitrogen and oxygen atoms in total. The van der Waals surface area contributed by atoms with Crippen molar-refractivity contribution < 1.29 is 8.81 Å². The van der Waals surface area contributed by atoms with Crippen LogP contribution in [-0.4, -0.2) is 23.0 Å². The van der Waals surface area contributed by atoms with Crippen LogP contribution in [0.5, 0.6) is 0 Å². The molecule has 0 amide bonds. The summed E-state index contributed by atoms with van der Waals surface area (Å²) in [5.41, 5.74) is 3.52. The van der Waals surface area contributed by atoms with E-state index in [1.165, 1.54) is 12.1 Å². The third-order valence-electron chi connectivity index (χ3n) is 4.33. The fraction of sp³-hybridized carbons (Fsp3) is 0.211. The minimum Gasteiger partial charge on any atom is -0.436 e. The fourth-order valence-corrected chi connectivity index (χ4v) is 3.37. The Kier molecular flexibility index (Phi) is 4.50. The third-order valence-corrected chi connectivity index (χ3v) is 4.91. The van der Waals surface area contributed by atoms with E-state index in [0.29, 0.717) is 22.5 Å². The summed E-state index contributed by atoms with van der Waals surface area (Å²) in [6.45, 7) is 2.31. The molecule has 0 atom stereocenters. The Morgan fingerprint density at radius 1 is 1.16 bits per heavy atom. The number of hydrogen-bond donors (Lipinski definition) is 0. The maximum Gasteiger partial charge on any atom is 0.222 e. The number of benzene rings is 2. The second-order valence-corrected chi connectivity index (χ2v) is 6.92. The summed E-state index contributed by atoms with van der Waals surface area (Å²) in [5.74, 6) is 0.336. The van der Waals surface area contributed by atoms with Gasteiger partial charge in [-0.15, -0.1) is 0 Å². The van der Waals surface area contributed by atoms with Gasteiger partial charge in [-0.2, -0.15) is 0 Å². The lowest BCUT2D eigenvalue weighted by molar-refractivity contribution is 0.292. The van der Waals surface area contributed by atoms with E-state index in [-0.39, 0.29) is 5.82 Å². The molecule has 0 unspecified atom stereocenters. The summed E-state index contributed by atoms with van der Waals surface area (Å²) in [6.07, 6.45) is 2.95. The molecule has 2 heterocycles. The molecule has 2 aromatic carbocycles. The molecule has 4 rings (SSSR count). The molecular weight excluding hydrogens is 362 g/mol. The molecule has 0 fully saturated rings. The molecule has 128 valence electrons. The first-order valence-electron chi connectivity index (χ1n) is 8.00. The zero-order chi connectivity index (χ0) is 17.4. The van der Waals surface area contributed by atoms with Crippen LogP contribution >= 0.6 is 23.2 Å². The van der Waals surface area contributed by atoms with Crippen molar-refractivity contribution in [2.45, 2.75) is 13.0 Å². The zero-order valence-electron chi connectivity index (χ0n) is 13.3. The smallest absolute Gasteiger partial charge is 0.222 e. The second kappa shape index (κ2) is 6.79. The quantitative estimate of drug-likeness (QED) is 0.598. The predicted octanol–water partition coefficient (Wildman–Crippen LogP) is 5.56. The van der Waals surface area contributed by atoms with E-state index in [2.05, 4.69) is 16.0 Å². The van der Waals surface area contributed by atoms with Crippen molar-refractivity contribution in [3.05, 3.63) is 69.8 Å². The largest absolute Gasteiger partial charge is 0.436 e. The van der Waals surface area contributed by atoms with Gasteiger partial charge in [-0.25, -0.2) is 9.37 Å². The highest BCUT2D eigenvalue weighted by Gasteiger charge is 2.18. The Labute approximate surface area is 154 Å². The van der Waals surface area contributed by atoms with Crippen molar-refractivity contribution in [2.75, 3.05) is 13.1 Å². The number of nitrogens with zero attached hydrogens (tertiary/aromatic N) is 2. The van der Waals surface area contributed by atoms with Crippen LogP contribution in [0.25, 0.3) is 16.7 Å². The maximum atomic E-state index is 13.1. The normalized spacial score (nSPS) is 15.6. The average Bonchev–Trinajstić information content (AvgIpc) is 3.01. The number of aromatic nitrogens is 1. The first kappa shape index (κ1) is 16.6. The van der Waals surface area contributed by atoms with Gasteiger partial charge < -0.3 is 4.42 Å². The summed E-state index contributed by atoms with van der Waals surface area (Å²) >= 11 is 12.1. The van der Waals surface area contributed by atoms with Gasteiger partial charge in [0.05, 0.1) is 0 Å². The maximum absolute atomic E-state index is 13.1. The van der Waals surface area contributed by atoms with Crippen LogP contribution < -0.4 is 0 Å². The minimum atomic E-state index is -0.314. The summed E-state index contributed by atoms with van der Waals surface area (Å²) in [4.78, 5) is 6.78. The number of halogens is 3. The Balaban J connectivity index is 1.49. The van der Waals surface area contributed by atoms with Gasteiger partial charge in [0.25, 0.3) is 0 Å². The van der Waals surface area contributed by atoms with Crippen molar-refractivity contribution in [3.8, 4) is 0 Å². The highest BCUT2D eigenvalue weighted by molar-refractivity contribution is 6.31. The molecule has 1 aromatic heterocycles. The van der Waals surface area contributed by atoms with Gasteiger partial charge >= 0.3 is 0 Å². The van der Waals surface area contributed by atoms with Crippen LogP contribution in [0, 0.1) is 5.82 Å². The average molecular weight is 377 g/mol. The molecule has 1 aliphatic heterocycles. The Morgan fingerprint density at radius 3 is 2.80 bits per heavy atom. The van der Waals surface area contributed by atoms with Gasteiger partial charge in [0.2, 0.25) is 5.89 Å². The topological polar surface area (TPSA) is 29.3 Å². The van der Waals surface area contributed by atoms with Crippen LogP contribution in [0.2, 0.25) is 10.0 Å². The van der Waals surface area contributed by atoms with Crippen LogP contribution in [-0.2, 0) is 6.54 Å². The first-order valence-corrected chi connectivity index (χ1v) is 8.76. The van der Waals surface area contributed by atoms with E-state index in [1.807, 2.05) is 6.07 Å². The molecule has 0 saturated carbocycles. The standard InChI is InChI=1S/C19H15Cl2FN2O/c20-14-2-4-18-17(9-14)23-19(25-18)12-5-7-24(8-6-12)11-13-1-3-15(22)10-16(13)21/h1-5,9-10H,6-8,11H2. The van der Waals surface area contributed by atoms with Crippen molar-refractivity contribution >= 4 is 39.9 Å². The summed E-state index contributed by atoms with van der Waals surface area (Å²) in [7, 11) is 0. The van der Waals surface area contributed by atoms with E-state index < -0.39 is 0 Å². The van der Waals surface area contributed by atoms with E-state index >= 15 is 0 Å². The lowest BCUT2D eigenvalue weighted by Gasteiger charge is -2.25. The Bertz CT molecular complexity index is 967. The molecule has 3 aromatic rings. The Morgan fingerprint density at radius 2 is 2.04 bits per heavy atom. The predicted molar refractivity (Wildman–Crippen MR) is 98.3 cm³/mol. The molecule has 0 saturated heterocycles. The monoisotopic (exact) mass is 376 g/mol. The van der Waals surface area contributed by atoms with Gasteiger partial charge in [-0.1, -0.05) is 35.3 Å². The van der Waals surface area contributed by atoms with Crippen molar-refractivity contribution in [2.24, 2.45) is 0 Å². The van der Waals surface area contributed by atoms with Crippen LogP contribution in [0.3, 0.4) is 0 Å². The molecule has 0 radical (unpaired) electrons. The second-order valence-electron chi connectivity index (χ2n) is 6.08. The summed E-state index contributed by atoms with van der Waals surface area (Å²) in [5, 5.41) is 1.11. The van der Waals surface area contributed by atoms with Crippen LogP contribution in [0.1, 0.15) is 17.9 Å².